The van der Waals surface area contributed by atoms with Crippen LogP contribution in [0.2, 0.25) is 15.1 Å². The molecule has 9 heteroatoms. The molecule has 4 rings (SSSR count). The number of amides is 1. The van der Waals surface area contributed by atoms with Crippen LogP contribution in [0.4, 0.5) is 5.13 Å². The quantitative estimate of drug-likeness (QED) is 0.201. The highest BCUT2D eigenvalue weighted by Gasteiger charge is 2.16. The lowest BCUT2D eigenvalue weighted by Gasteiger charge is -2.09. The van der Waals surface area contributed by atoms with E-state index in [-0.39, 0.29) is 5.57 Å². The van der Waals surface area contributed by atoms with Crippen molar-refractivity contribution in [1.82, 2.24) is 9.55 Å². The summed E-state index contributed by atoms with van der Waals surface area (Å²) in [5, 5.41) is 14.6. The molecule has 2 aromatic heterocycles. The van der Waals surface area contributed by atoms with Gasteiger partial charge in [0.25, 0.3) is 5.91 Å². The summed E-state index contributed by atoms with van der Waals surface area (Å²) < 4.78 is 2.04. The van der Waals surface area contributed by atoms with Crippen LogP contribution < -0.4 is 5.32 Å². The number of nitriles is 1. The third kappa shape index (κ3) is 5.77. The first-order valence-electron chi connectivity index (χ1n) is 10.5. The maximum Gasteiger partial charge on any atom is 0.268 e. The van der Waals surface area contributed by atoms with Gasteiger partial charge in [0.05, 0.1) is 0 Å². The van der Waals surface area contributed by atoms with Crippen molar-refractivity contribution >= 4 is 63.3 Å². The standard InChI is InChI=1S/C26H19Cl3N4OS/c1-15-9-17(16(2)33(15)22-6-3-20(27)4-7-22)10-19(13-30)25(34)32-26-31-14-23(35-26)12-18-11-21(28)5-8-24(18)29/h3-11,14H,12H2,1-2H3,(H,31,32,34)/b19-10-. The Hall–Kier alpha value is -3.08. The van der Waals surface area contributed by atoms with Gasteiger partial charge in [0, 0.05) is 49.6 Å². The molecule has 176 valence electrons. The van der Waals surface area contributed by atoms with Gasteiger partial charge < -0.3 is 4.57 Å². The Kier molecular flexibility index (Phi) is 7.63. The third-order valence-electron chi connectivity index (χ3n) is 5.37. The van der Waals surface area contributed by atoms with Gasteiger partial charge in [-0.15, -0.1) is 11.3 Å². The predicted octanol–water partition coefficient (Wildman–Crippen LogP) is 7.65. The van der Waals surface area contributed by atoms with E-state index in [0.29, 0.717) is 26.6 Å². The Morgan fingerprint density at radius 2 is 1.83 bits per heavy atom. The lowest BCUT2D eigenvalue weighted by atomic mass is 10.1. The average Bonchev–Trinajstić information content (AvgIpc) is 3.38. The number of rotatable bonds is 6. The number of carbonyl (C=O) groups excluding carboxylic acids is 1. The Balaban J connectivity index is 1.52. The number of anilines is 1. The van der Waals surface area contributed by atoms with E-state index in [2.05, 4.69) is 10.3 Å². The van der Waals surface area contributed by atoms with Crippen molar-refractivity contribution < 1.29 is 4.79 Å². The van der Waals surface area contributed by atoms with Crippen molar-refractivity contribution in [2.45, 2.75) is 20.3 Å². The first-order chi connectivity index (χ1) is 16.7. The maximum absolute atomic E-state index is 12.8. The van der Waals surface area contributed by atoms with E-state index in [1.807, 2.05) is 54.8 Å². The highest BCUT2D eigenvalue weighted by molar-refractivity contribution is 7.15. The number of nitrogens with one attached hydrogen (secondary N) is 1. The first kappa shape index (κ1) is 25.0. The predicted molar refractivity (Wildman–Crippen MR) is 144 cm³/mol. The number of thiazole rings is 1. The van der Waals surface area contributed by atoms with Gasteiger partial charge in [-0.25, -0.2) is 4.98 Å². The van der Waals surface area contributed by atoms with Crippen LogP contribution in [0.25, 0.3) is 11.8 Å². The number of halogens is 3. The molecule has 35 heavy (non-hydrogen) atoms. The van der Waals surface area contributed by atoms with Gasteiger partial charge >= 0.3 is 0 Å². The topological polar surface area (TPSA) is 70.7 Å². The summed E-state index contributed by atoms with van der Waals surface area (Å²) in [6.07, 6.45) is 3.79. The molecule has 0 atom stereocenters. The van der Waals surface area contributed by atoms with Crippen LogP contribution in [0.3, 0.4) is 0 Å². The molecule has 2 heterocycles. The van der Waals surface area contributed by atoms with E-state index >= 15 is 0 Å². The molecule has 0 aliphatic carbocycles. The summed E-state index contributed by atoms with van der Waals surface area (Å²) >= 11 is 19.6. The van der Waals surface area contributed by atoms with Crippen LogP contribution in [-0.2, 0) is 11.2 Å². The number of hydrogen-bond donors (Lipinski definition) is 1. The maximum atomic E-state index is 12.8. The van der Waals surface area contributed by atoms with Crippen LogP contribution in [0.5, 0.6) is 0 Å². The van der Waals surface area contributed by atoms with Gasteiger partial charge in [-0.2, -0.15) is 5.26 Å². The molecule has 0 saturated heterocycles. The molecule has 0 bridgehead atoms. The lowest BCUT2D eigenvalue weighted by molar-refractivity contribution is -0.112. The van der Waals surface area contributed by atoms with Crippen molar-refractivity contribution in [3.8, 4) is 11.8 Å². The molecular formula is C26H19Cl3N4OS. The fourth-order valence-electron chi connectivity index (χ4n) is 3.70. The highest BCUT2D eigenvalue weighted by Crippen LogP contribution is 2.28. The van der Waals surface area contributed by atoms with Gasteiger partial charge in [-0.05, 0) is 79.6 Å². The Labute approximate surface area is 222 Å². The summed E-state index contributed by atoms with van der Waals surface area (Å²) in [6, 6.07) is 16.7. The minimum absolute atomic E-state index is 0.0176. The van der Waals surface area contributed by atoms with E-state index in [1.165, 1.54) is 11.3 Å². The average molecular weight is 542 g/mol. The van der Waals surface area contributed by atoms with Crippen molar-refractivity contribution in [3.05, 3.63) is 103 Å². The summed E-state index contributed by atoms with van der Waals surface area (Å²) in [7, 11) is 0. The second kappa shape index (κ2) is 10.7. The molecule has 2 aromatic carbocycles. The zero-order valence-electron chi connectivity index (χ0n) is 18.8. The van der Waals surface area contributed by atoms with E-state index in [9.17, 15) is 10.1 Å². The van der Waals surface area contributed by atoms with Crippen LogP contribution in [0, 0.1) is 25.2 Å². The number of hydrogen-bond acceptors (Lipinski definition) is 4. The van der Waals surface area contributed by atoms with Crippen molar-refractivity contribution in [2.75, 3.05) is 5.32 Å². The van der Waals surface area contributed by atoms with Crippen LogP contribution in [0.15, 0.2) is 60.3 Å². The molecule has 4 aromatic rings. The first-order valence-corrected chi connectivity index (χ1v) is 12.5. The zero-order valence-corrected chi connectivity index (χ0v) is 21.9. The van der Waals surface area contributed by atoms with Crippen LogP contribution >= 0.6 is 46.1 Å². The summed E-state index contributed by atoms with van der Waals surface area (Å²) in [5.74, 6) is -0.523. The van der Waals surface area contributed by atoms with Gasteiger partial charge in [-0.3, -0.25) is 10.1 Å². The molecule has 0 unspecified atom stereocenters. The van der Waals surface area contributed by atoms with Crippen molar-refractivity contribution in [1.29, 1.82) is 5.26 Å². The summed E-state index contributed by atoms with van der Waals surface area (Å²) in [4.78, 5) is 18.0. The van der Waals surface area contributed by atoms with Gasteiger partial charge in [0.1, 0.15) is 11.6 Å². The summed E-state index contributed by atoms with van der Waals surface area (Å²) in [6.45, 7) is 3.91. The van der Waals surface area contributed by atoms with Gasteiger partial charge in [-0.1, -0.05) is 34.8 Å². The zero-order chi connectivity index (χ0) is 25.1. The molecule has 1 amide bonds. The summed E-state index contributed by atoms with van der Waals surface area (Å²) in [5.41, 5.74) is 4.45. The Bertz CT molecular complexity index is 1480. The Morgan fingerprint density at radius 3 is 2.54 bits per heavy atom. The molecular weight excluding hydrogens is 523 g/mol. The number of carbonyl (C=O) groups is 1. The minimum atomic E-state index is -0.523. The monoisotopic (exact) mass is 540 g/mol. The molecule has 0 saturated carbocycles. The molecule has 0 radical (unpaired) electrons. The molecule has 0 spiro atoms. The van der Waals surface area contributed by atoms with E-state index in [0.717, 1.165) is 33.1 Å². The molecule has 1 N–H and O–H groups in total. The fraction of sp³-hybridized carbons (Fsp3) is 0.115. The van der Waals surface area contributed by atoms with Crippen LogP contribution in [0.1, 0.15) is 27.4 Å². The van der Waals surface area contributed by atoms with E-state index in [1.54, 1.807) is 30.5 Å². The molecule has 0 aliphatic heterocycles. The smallest absolute Gasteiger partial charge is 0.268 e. The third-order valence-corrected chi connectivity index (χ3v) is 7.14. The molecule has 0 aliphatic rings. The minimum Gasteiger partial charge on any atom is -0.318 e. The highest BCUT2D eigenvalue weighted by atomic mass is 35.5. The van der Waals surface area contributed by atoms with Crippen LogP contribution in [-0.4, -0.2) is 15.5 Å². The van der Waals surface area contributed by atoms with Gasteiger partial charge in [0.15, 0.2) is 5.13 Å². The molecule has 0 fully saturated rings. The van der Waals surface area contributed by atoms with Gasteiger partial charge in [0.2, 0.25) is 0 Å². The number of aryl methyl sites for hydroxylation is 1. The van der Waals surface area contributed by atoms with E-state index in [4.69, 9.17) is 34.8 Å². The fourth-order valence-corrected chi connectivity index (χ4v) is 5.04. The largest absolute Gasteiger partial charge is 0.318 e. The number of nitrogens with zero attached hydrogens (tertiary/aromatic N) is 3. The normalized spacial score (nSPS) is 11.4. The number of aromatic nitrogens is 2. The van der Waals surface area contributed by atoms with Crippen molar-refractivity contribution in [2.24, 2.45) is 0 Å². The molecule has 5 nitrogen and oxygen atoms in total. The van der Waals surface area contributed by atoms with Crippen molar-refractivity contribution in [3.63, 3.8) is 0 Å². The SMILES string of the molecule is Cc1cc(/C=C(/C#N)C(=O)Nc2ncc(Cc3cc(Cl)ccc3Cl)s2)c(C)n1-c1ccc(Cl)cc1. The second-order valence-corrected chi connectivity index (χ2v) is 10.2. The van der Waals surface area contributed by atoms with E-state index < -0.39 is 5.91 Å². The second-order valence-electron chi connectivity index (χ2n) is 7.81. The Morgan fingerprint density at radius 1 is 1.11 bits per heavy atom. The lowest BCUT2D eigenvalue weighted by Crippen LogP contribution is -2.13. The number of benzene rings is 2.